The Bertz CT molecular complexity index is 515. The Morgan fingerprint density at radius 1 is 1.19 bits per heavy atom. The molecule has 1 aromatic rings. The highest BCUT2D eigenvalue weighted by Gasteiger charge is 2.33. The number of hydrogen-bond donors (Lipinski definition) is 0. The minimum atomic E-state index is -1.61. The summed E-state index contributed by atoms with van der Waals surface area (Å²) in [6, 6.07) is 2.58. The number of carbonyl (C=O) groups excluding carboxylic acids is 2. The van der Waals surface area contributed by atoms with E-state index in [1.165, 1.54) is 0 Å². The number of benzene rings is 1. The molecule has 1 rings (SSSR count). The summed E-state index contributed by atoms with van der Waals surface area (Å²) in [6.45, 7) is 4.00. The number of esters is 2. The lowest BCUT2D eigenvalue weighted by Gasteiger charge is -2.13. The minimum Gasteiger partial charge on any atom is -0.468 e. The van der Waals surface area contributed by atoms with Crippen molar-refractivity contribution >= 4 is 17.6 Å². The third-order valence-electron chi connectivity index (χ3n) is 2.38. The molecule has 0 radical (unpaired) electrons. The van der Waals surface area contributed by atoms with Gasteiger partial charge in [0.05, 0.1) is 25.2 Å². The highest BCUT2D eigenvalue weighted by atomic mass is 19.1. The predicted octanol–water partition coefficient (Wildman–Crippen LogP) is 2.19. The average Bonchev–Trinajstić information content (AvgIpc) is 2.50. The zero-order valence-corrected chi connectivity index (χ0v) is 12.1. The topological polar surface area (TPSA) is 95.7 Å². The molecule has 21 heavy (non-hydrogen) atoms. The number of nitrogens with zero attached hydrogens (tertiary/aromatic N) is 1. The molecule has 0 unspecified atom stereocenters. The molecule has 0 amide bonds. The van der Waals surface area contributed by atoms with Crippen molar-refractivity contribution in [2.24, 2.45) is 0 Å². The summed E-state index contributed by atoms with van der Waals surface area (Å²) in [5, 5.41) is 10.5. The van der Waals surface area contributed by atoms with Crippen molar-refractivity contribution in [2.75, 3.05) is 14.2 Å². The Morgan fingerprint density at radius 3 is 2.00 bits per heavy atom. The van der Waals surface area contributed by atoms with E-state index in [1.54, 1.807) is 0 Å². The Labute approximate surface area is 120 Å². The first kappa shape index (κ1) is 18.5. The van der Waals surface area contributed by atoms with Crippen molar-refractivity contribution in [3.63, 3.8) is 0 Å². The molecule has 0 aliphatic rings. The van der Waals surface area contributed by atoms with Crippen LogP contribution in [0.15, 0.2) is 18.2 Å². The van der Waals surface area contributed by atoms with Crippen LogP contribution in [0.4, 0.5) is 10.1 Å². The van der Waals surface area contributed by atoms with E-state index in [4.69, 9.17) is 0 Å². The van der Waals surface area contributed by atoms with Gasteiger partial charge >= 0.3 is 11.9 Å². The molecule has 0 saturated heterocycles. The van der Waals surface area contributed by atoms with Gasteiger partial charge in [-0.1, -0.05) is 13.8 Å². The van der Waals surface area contributed by atoms with Gasteiger partial charge < -0.3 is 9.47 Å². The van der Waals surface area contributed by atoms with Gasteiger partial charge in [-0.3, -0.25) is 19.7 Å². The molecule has 0 aliphatic carbocycles. The molecule has 0 aliphatic heterocycles. The first-order valence-corrected chi connectivity index (χ1v) is 6.01. The Balaban J connectivity index is 0.00000191. The van der Waals surface area contributed by atoms with E-state index < -0.39 is 34.3 Å². The van der Waals surface area contributed by atoms with Crippen molar-refractivity contribution in [2.45, 2.75) is 19.8 Å². The Morgan fingerprint density at radius 2 is 1.67 bits per heavy atom. The molecular weight excluding hydrogens is 285 g/mol. The number of rotatable bonds is 4. The van der Waals surface area contributed by atoms with Crippen LogP contribution in [0.2, 0.25) is 0 Å². The van der Waals surface area contributed by atoms with Crippen molar-refractivity contribution in [3.05, 3.63) is 39.7 Å². The second kappa shape index (κ2) is 8.62. The van der Waals surface area contributed by atoms with Crippen LogP contribution in [-0.4, -0.2) is 31.1 Å². The van der Waals surface area contributed by atoms with Gasteiger partial charge in [-0.05, 0) is 6.07 Å². The van der Waals surface area contributed by atoms with E-state index in [0.717, 1.165) is 26.4 Å². The molecule has 0 saturated carbocycles. The van der Waals surface area contributed by atoms with Crippen LogP contribution in [0, 0.1) is 15.9 Å². The van der Waals surface area contributed by atoms with Gasteiger partial charge in [-0.25, -0.2) is 4.39 Å². The van der Waals surface area contributed by atoms with E-state index in [-0.39, 0.29) is 5.56 Å². The number of ether oxygens (including phenoxy) is 2. The average molecular weight is 301 g/mol. The zero-order chi connectivity index (χ0) is 16.6. The van der Waals surface area contributed by atoms with Gasteiger partial charge in [-0.2, -0.15) is 0 Å². The highest BCUT2D eigenvalue weighted by molar-refractivity contribution is 6.00. The standard InChI is InChI=1S/C11H10FNO6.C2H6/c1-18-10(14)9(11(15)19-2)7-4-3-6(13(16)17)5-8(7)12;1-2/h3-5,9H,1-2H3;1-2H3. The molecule has 0 fully saturated rings. The summed E-state index contributed by atoms with van der Waals surface area (Å²) in [4.78, 5) is 32.6. The maximum absolute atomic E-state index is 13.7. The lowest BCUT2D eigenvalue weighted by atomic mass is 9.98. The van der Waals surface area contributed by atoms with Crippen molar-refractivity contribution < 1.29 is 28.4 Å². The summed E-state index contributed by atoms with van der Waals surface area (Å²) in [6.07, 6.45) is 0. The monoisotopic (exact) mass is 301 g/mol. The number of nitro groups is 1. The molecule has 7 nitrogen and oxygen atoms in total. The number of non-ortho nitro benzene ring substituents is 1. The molecule has 0 heterocycles. The highest BCUT2D eigenvalue weighted by Crippen LogP contribution is 2.25. The normalized spacial score (nSPS) is 9.43. The molecule has 0 spiro atoms. The summed E-state index contributed by atoms with van der Waals surface area (Å²) in [5.74, 6) is -4.70. The van der Waals surface area contributed by atoms with E-state index >= 15 is 0 Å². The predicted molar refractivity (Wildman–Crippen MR) is 71.2 cm³/mol. The molecule has 0 bridgehead atoms. The lowest BCUT2D eigenvalue weighted by Crippen LogP contribution is -2.25. The van der Waals surface area contributed by atoms with Crippen LogP contribution in [0.5, 0.6) is 0 Å². The summed E-state index contributed by atoms with van der Waals surface area (Å²) < 4.78 is 22.5. The second-order valence-electron chi connectivity index (χ2n) is 3.44. The molecule has 0 aromatic heterocycles. The maximum Gasteiger partial charge on any atom is 0.324 e. The maximum atomic E-state index is 13.7. The first-order valence-electron chi connectivity index (χ1n) is 6.01. The molecule has 1 aromatic carbocycles. The van der Waals surface area contributed by atoms with Crippen LogP contribution < -0.4 is 0 Å². The number of nitro benzene ring substituents is 1. The fraction of sp³-hybridized carbons (Fsp3) is 0.385. The summed E-state index contributed by atoms with van der Waals surface area (Å²) in [5.41, 5.74) is -0.834. The quantitative estimate of drug-likeness (QED) is 0.366. The van der Waals surface area contributed by atoms with Crippen molar-refractivity contribution in [1.82, 2.24) is 0 Å². The zero-order valence-electron chi connectivity index (χ0n) is 12.1. The fourth-order valence-corrected chi connectivity index (χ4v) is 1.45. The van der Waals surface area contributed by atoms with E-state index in [9.17, 15) is 24.1 Å². The Kier molecular flexibility index (Phi) is 7.59. The third kappa shape index (κ3) is 4.51. The summed E-state index contributed by atoms with van der Waals surface area (Å²) >= 11 is 0. The van der Waals surface area contributed by atoms with Crippen molar-refractivity contribution in [3.8, 4) is 0 Å². The fourth-order valence-electron chi connectivity index (χ4n) is 1.45. The summed E-state index contributed by atoms with van der Waals surface area (Å²) in [7, 11) is 2.06. The molecular formula is C13H16FNO6. The molecule has 8 heteroatoms. The smallest absolute Gasteiger partial charge is 0.324 e. The van der Waals surface area contributed by atoms with Gasteiger partial charge in [-0.15, -0.1) is 0 Å². The number of hydrogen-bond acceptors (Lipinski definition) is 6. The van der Waals surface area contributed by atoms with Crippen LogP contribution in [0.1, 0.15) is 25.3 Å². The van der Waals surface area contributed by atoms with Gasteiger partial charge in [0.2, 0.25) is 0 Å². The molecule has 0 N–H and O–H groups in total. The minimum absolute atomic E-state index is 0.343. The van der Waals surface area contributed by atoms with Gasteiger partial charge in [0.25, 0.3) is 5.69 Å². The largest absolute Gasteiger partial charge is 0.468 e. The number of methoxy groups -OCH3 is 2. The number of carbonyl (C=O) groups is 2. The first-order chi connectivity index (χ1) is 9.92. The van der Waals surface area contributed by atoms with E-state index in [0.29, 0.717) is 6.07 Å². The van der Waals surface area contributed by atoms with E-state index in [1.807, 2.05) is 13.8 Å². The van der Waals surface area contributed by atoms with Gasteiger partial charge in [0, 0.05) is 11.6 Å². The molecule has 116 valence electrons. The SMILES string of the molecule is CC.COC(=O)C(C(=O)OC)c1ccc([N+](=O)[O-])cc1F. The van der Waals surface area contributed by atoms with Crippen LogP contribution >= 0.6 is 0 Å². The van der Waals surface area contributed by atoms with E-state index in [2.05, 4.69) is 9.47 Å². The lowest BCUT2D eigenvalue weighted by molar-refractivity contribution is -0.385. The second-order valence-corrected chi connectivity index (χ2v) is 3.44. The van der Waals surface area contributed by atoms with Crippen LogP contribution in [-0.2, 0) is 19.1 Å². The van der Waals surface area contributed by atoms with Crippen LogP contribution in [0.3, 0.4) is 0 Å². The van der Waals surface area contributed by atoms with Crippen molar-refractivity contribution in [1.29, 1.82) is 0 Å². The van der Waals surface area contributed by atoms with Gasteiger partial charge in [0.15, 0.2) is 5.92 Å². The number of halogens is 1. The van der Waals surface area contributed by atoms with Crippen LogP contribution in [0.25, 0.3) is 0 Å². The molecule has 0 atom stereocenters. The van der Waals surface area contributed by atoms with Gasteiger partial charge in [0.1, 0.15) is 5.82 Å². The third-order valence-corrected chi connectivity index (χ3v) is 2.38. The Hall–Kier alpha value is -2.51.